The normalized spacial score (nSPS) is 14.5. The fourth-order valence-electron chi connectivity index (χ4n) is 3.20. The van der Waals surface area contributed by atoms with Crippen LogP contribution in [0.4, 0.5) is 0 Å². The van der Waals surface area contributed by atoms with Crippen LogP contribution in [0, 0.1) is 13.8 Å². The number of pyridine rings is 1. The highest BCUT2D eigenvalue weighted by atomic mass is 32.1. The first-order valence-electron chi connectivity index (χ1n) is 8.41. The highest BCUT2D eigenvalue weighted by Crippen LogP contribution is 2.24. The first-order valence-corrected chi connectivity index (χ1v) is 9.22. The molecule has 5 nitrogen and oxygen atoms in total. The first-order chi connectivity index (χ1) is 12.1. The Labute approximate surface area is 150 Å². The summed E-state index contributed by atoms with van der Waals surface area (Å²) in [5.41, 5.74) is 3.86. The first kappa shape index (κ1) is 16.2. The lowest BCUT2D eigenvalue weighted by atomic mass is 10.1. The van der Waals surface area contributed by atoms with E-state index in [1.54, 1.807) is 12.4 Å². The van der Waals surface area contributed by atoms with Crippen LogP contribution < -0.4 is 5.56 Å². The molecule has 0 radical (unpaired) electrons. The minimum atomic E-state index is -0.0351. The van der Waals surface area contributed by atoms with Gasteiger partial charge in [-0.25, -0.2) is 4.98 Å². The summed E-state index contributed by atoms with van der Waals surface area (Å²) in [7, 11) is 0. The molecule has 1 N–H and O–H groups in total. The van der Waals surface area contributed by atoms with E-state index >= 15 is 0 Å². The van der Waals surface area contributed by atoms with E-state index in [1.165, 1.54) is 15.3 Å². The Morgan fingerprint density at radius 2 is 2.24 bits per heavy atom. The Kier molecular flexibility index (Phi) is 4.23. The second-order valence-corrected chi connectivity index (χ2v) is 7.83. The molecule has 1 aliphatic rings. The molecule has 6 heteroatoms. The van der Waals surface area contributed by atoms with Crippen LogP contribution in [-0.4, -0.2) is 26.4 Å². The van der Waals surface area contributed by atoms with Crippen molar-refractivity contribution in [3.63, 3.8) is 0 Å². The summed E-state index contributed by atoms with van der Waals surface area (Å²) in [4.78, 5) is 29.3. The fraction of sp³-hybridized carbons (Fsp3) is 0.316. The summed E-state index contributed by atoms with van der Waals surface area (Å²) in [6.45, 7) is 6.77. The van der Waals surface area contributed by atoms with Crippen molar-refractivity contribution in [2.45, 2.75) is 33.4 Å². The maximum atomic E-state index is 12.6. The number of nitrogens with one attached hydrogen (secondary N) is 1. The maximum Gasteiger partial charge on any atom is 0.255 e. The van der Waals surface area contributed by atoms with Gasteiger partial charge < -0.3 is 4.98 Å². The Morgan fingerprint density at radius 3 is 2.96 bits per heavy atom. The van der Waals surface area contributed by atoms with Crippen molar-refractivity contribution < 1.29 is 0 Å². The Hall–Kier alpha value is -2.31. The van der Waals surface area contributed by atoms with Crippen molar-refractivity contribution in [1.29, 1.82) is 0 Å². The topological polar surface area (TPSA) is 61.9 Å². The number of hydrogen-bond acceptors (Lipinski definition) is 5. The largest absolute Gasteiger partial charge is 0.306 e. The van der Waals surface area contributed by atoms with Gasteiger partial charge in [0.1, 0.15) is 5.82 Å². The van der Waals surface area contributed by atoms with Crippen LogP contribution in [0.1, 0.15) is 26.6 Å². The molecule has 0 amide bonds. The monoisotopic (exact) mass is 352 g/mol. The van der Waals surface area contributed by atoms with E-state index in [0.29, 0.717) is 12.4 Å². The molecule has 4 heterocycles. The molecule has 1 aliphatic heterocycles. The van der Waals surface area contributed by atoms with Gasteiger partial charge >= 0.3 is 0 Å². The lowest BCUT2D eigenvalue weighted by Crippen LogP contribution is -2.35. The standard InChI is InChI=1S/C19H20N4OS/c1-12-8-15(25-13(12)2)10-23-7-5-17-16(11-23)19(24)22-18(21-17)14-4-3-6-20-9-14/h3-4,6,8-9H,5,7,10-11H2,1-2H3,(H,21,22,24). The van der Waals surface area contributed by atoms with Gasteiger partial charge in [-0.3, -0.25) is 14.7 Å². The molecule has 3 aromatic rings. The molecule has 0 bridgehead atoms. The molecule has 0 saturated heterocycles. The highest BCUT2D eigenvalue weighted by molar-refractivity contribution is 7.12. The summed E-state index contributed by atoms with van der Waals surface area (Å²) < 4.78 is 0. The average molecular weight is 352 g/mol. The van der Waals surface area contributed by atoms with Crippen molar-refractivity contribution in [3.8, 4) is 11.4 Å². The Balaban J connectivity index is 1.58. The quantitative estimate of drug-likeness (QED) is 0.787. The molecule has 25 heavy (non-hydrogen) atoms. The number of aryl methyl sites for hydroxylation is 2. The summed E-state index contributed by atoms with van der Waals surface area (Å²) in [6.07, 6.45) is 4.24. The number of aromatic amines is 1. The van der Waals surface area contributed by atoms with Gasteiger partial charge in [-0.1, -0.05) is 0 Å². The molecule has 0 spiro atoms. The van der Waals surface area contributed by atoms with Crippen LogP contribution in [0.3, 0.4) is 0 Å². The predicted molar refractivity (Wildman–Crippen MR) is 99.7 cm³/mol. The van der Waals surface area contributed by atoms with Gasteiger partial charge in [0.2, 0.25) is 0 Å². The highest BCUT2D eigenvalue weighted by Gasteiger charge is 2.22. The third-order valence-corrected chi connectivity index (χ3v) is 5.82. The molecule has 0 atom stereocenters. The number of hydrogen-bond donors (Lipinski definition) is 1. The number of aromatic nitrogens is 3. The van der Waals surface area contributed by atoms with Crippen LogP contribution in [0.25, 0.3) is 11.4 Å². The third-order valence-electron chi connectivity index (χ3n) is 4.68. The van der Waals surface area contributed by atoms with Crippen molar-refractivity contribution in [2.24, 2.45) is 0 Å². The molecule has 4 rings (SSSR count). The average Bonchev–Trinajstić information content (AvgIpc) is 2.93. The predicted octanol–water partition coefficient (Wildman–Crippen LogP) is 3.07. The van der Waals surface area contributed by atoms with E-state index in [4.69, 9.17) is 0 Å². The summed E-state index contributed by atoms with van der Waals surface area (Å²) in [6, 6.07) is 6.01. The van der Waals surface area contributed by atoms with Crippen molar-refractivity contribution in [3.05, 3.63) is 67.5 Å². The fourth-order valence-corrected chi connectivity index (χ4v) is 4.30. The number of H-pyrrole nitrogens is 1. The maximum absolute atomic E-state index is 12.6. The third kappa shape index (κ3) is 3.27. The van der Waals surface area contributed by atoms with Gasteiger partial charge in [0.05, 0.1) is 11.3 Å². The zero-order chi connectivity index (χ0) is 17.4. The van der Waals surface area contributed by atoms with Crippen molar-refractivity contribution >= 4 is 11.3 Å². The SMILES string of the molecule is Cc1cc(CN2CCc3nc(-c4cccnc4)[nH]c(=O)c3C2)sc1C. The van der Waals surface area contributed by atoms with Gasteiger partial charge in [-0.2, -0.15) is 0 Å². The van der Waals surface area contributed by atoms with Gasteiger partial charge in [-0.15, -0.1) is 11.3 Å². The molecular formula is C19H20N4OS. The Morgan fingerprint density at radius 1 is 1.36 bits per heavy atom. The molecule has 3 aromatic heterocycles. The van der Waals surface area contributed by atoms with E-state index in [1.807, 2.05) is 23.5 Å². The van der Waals surface area contributed by atoms with Gasteiger partial charge in [-0.05, 0) is 37.6 Å². The summed E-state index contributed by atoms with van der Waals surface area (Å²) in [5.74, 6) is 0.606. The van der Waals surface area contributed by atoms with Crippen LogP contribution in [-0.2, 0) is 19.5 Å². The molecule has 0 fully saturated rings. The van der Waals surface area contributed by atoms with Crippen LogP contribution >= 0.6 is 11.3 Å². The van der Waals surface area contributed by atoms with E-state index in [-0.39, 0.29) is 5.56 Å². The van der Waals surface area contributed by atoms with Crippen LogP contribution in [0.2, 0.25) is 0 Å². The molecule has 128 valence electrons. The van der Waals surface area contributed by atoms with Crippen molar-refractivity contribution in [1.82, 2.24) is 19.9 Å². The number of thiophene rings is 1. The van der Waals surface area contributed by atoms with Crippen LogP contribution in [0.5, 0.6) is 0 Å². The second kappa shape index (κ2) is 6.54. The van der Waals surface area contributed by atoms with Gasteiger partial charge in [0, 0.05) is 53.8 Å². The minimum absolute atomic E-state index is 0.0351. The number of fused-ring (bicyclic) bond motifs is 1. The van der Waals surface area contributed by atoms with Gasteiger partial charge in [0.15, 0.2) is 0 Å². The lowest BCUT2D eigenvalue weighted by molar-refractivity contribution is 0.244. The summed E-state index contributed by atoms with van der Waals surface area (Å²) in [5, 5.41) is 0. The lowest BCUT2D eigenvalue weighted by Gasteiger charge is -2.27. The molecule has 0 aromatic carbocycles. The molecule has 0 unspecified atom stereocenters. The number of nitrogens with zero attached hydrogens (tertiary/aromatic N) is 3. The second-order valence-electron chi connectivity index (χ2n) is 6.49. The molecular weight excluding hydrogens is 332 g/mol. The zero-order valence-electron chi connectivity index (χ0n) is 14.4. The van der Waals surface area contributed by atoms with E-state index in [9.17, 15) is 4.79 Å². The minimum Gasteiger partial charge on any atom is -0.306 e. The summed E-state index contributed by atoms with van der Waals surface area (Å²) >= 11 is 1.84. The molecule has 0 saturated carbocycles. The Bertz CT molecular complexity index is 942. The van der Waals surface area contributed by atoms with Gasteiger partial charge in [0.25, 0.3) is 5.56 Å². The smallest absolute Gasteiger partial charge is 0.255 e. The van der Waals surface area contributed by atoms with E-state index < -0.39 is 0 Å². The van der Waals surface area contributed by atoms with E-state index in [2.05, 4.69) is 39.8 Å². The molecule has 0 aliphatic carbocycles. The van der Waals surface area contributed by atoms with Crippen molar-refractivity contribution in [2.75, 3.05) is 6.54 Å². The number of rotatable bonds is 3. The van der Waals surface area contributed by atoms with E-state index in [0.717, 1.165) is 36.3 Å². The zero-order valence-corrected chi connectivity index (χ0v) is 15.2. The van der Waals surface area contributed by atoms with Crippen LogP contribution in [0.15, 0.2) is 35.4 Å².